The van der Waals surface area contributed by atoms with E-state index >= 15 is 0 Å². The first-order valence-electron chi connectivity index (χ1n) is 8.42. The van der Waals surface area contributed by atoms with Gasteiger partial charge in [0.05, 0.1) is 0 Å². The molecule has 3 unspecified atom stereocenters. The first-order chi connectivity index (χ1) is 10.1. The Morgan fingerprint density at radius 1 is 1.24 bits per heavy atom. The molecule has 4 saturated heterocycles. The van der Waals surface area contributed by atoms with E-state index in [-0.39, 0.29) is 23.8 Å². The molecule has 0 spiro atoms. The van der Waals surface area contributed by atoms with Gasteiger partial charge in [-0.2, -0.15) is 0 Å². The second kappa shape index (κ2) is 5.95. The van der Waals surface area contributed by atoms with Crippen molar-refractivity contribution in [2.75, 3.05) is 26.2 Å². The van der Waals surface area contributed by atoms with Gasteiger partial charge < -0.3 is 15.1 Å². The molecule has 2 bridgehead atoms. The molecule has 0 saturated carbocycles. The van der Waals surface area contributed by atoms with Crippen LogP contribution in [0.2, 0.25) is 0 Å². The third-order valence-electron chi connectivity index (χ3n) is 5.68. The Bertz CT molecular complexity index is 418. The van der Waals surface area contributed by atoms with E-state index in [4.69, 9.17) is 0 Å². The summed E-state index contributed by atoms with van der Waals surface area (Å²) in [5.41, 5.74) is 0. The zero-order valence-corrected chi connectivity index (χ0v) is 13.2. The van der Waals surface area contributed by atoms with Gasteiger partial charge in [0.1, 0.15) is 6.04 Å². The maximum absolute atomic E-state index is 13.0. The third kappa shape index (κ3) is 2.80. The summed E-state index contributed by atoms with van der Waals surface area (Å²) < 4.78 is 0. The number of fused-ring (bicyclic) bond motifs is 3. The van der Waals surface area contributed by atoms with Crippen molar-refractivity contribution in [1.29, 1.82) is 0 Å². The number of hydrogen-bond donors (Lipinski definition) is 1. The van der Waals surface area contributed by atoms with Gasteiger partial charge >= 0.3 is 0 Å². The van der Waals surface area contributed by atoms with E-state index in [1.54, 1.807) is 0 Å². The van der Waals surface area contributed by atoms with Gasteiger partial charge in [-0.3, -0.25) is 9.59 Å². The SMILES string of the molecule is CCC(C)C1NC(=O)CCN(C2CN3CCC2CC3)C1=O. The van der Waals surface area contributed by atoms with Crippen molar-refractivity contribution in [2.45, 2.75) is 51.6 Å². The summed E-state index contributed by atoms with van der Waals surface area (Å²) >= 11 is 0. The highest BCUT2D eigenvalue weighted by molar-refractivity contribution is 5.90. The molecule has 4 rings (SSSR count). The minimum atomic E-state index is -0.333. The van der Waals surface area contributed by atoms with Crippen LogP contribution in [-0.4, -0.2) is 59.9 Å². The molecule has 4 aliphatic rings. The van der Waals surface area contributed by atoms with E-state index in [0.717, 1.165) is 13.0 Å². The predicted octanol–water partition coefficient (Wildman–Crippen LogP) is 0.844. The van der Waals surface area contributed by atoms with Crippen molar-refractivity contribution in [2.24, 2.45) is 11.8 Å². The zero-order valence-electron chi connectivity index (χ0n) is 13.2. The minimum absolute atomic E-state index is 0.0254. The Kier molecular flexibility index (Phi) is 4.20. The molecule has 0 aromatic carbocycles. The second-order valence-corrected chi connectivity index (χ2v) is 6.92. The first-order valence-corrected chi connectivity index (χ1v) is 8.42. The zero-order chi connectivity index (χ0) is 15.0. The largest absolute Gasteiger partial charge is 0.344 e. The van der Waals surface area contributed by atoms with E-state index in [0.29, 0.717) is 24.9 Å². The summed E-state index contributed by atoms with van der Waals surface area (Å²) in [6.45, 7) is 8.07. The fourth-order valence-corrected chi connectivity index (χ4v) is 4.06. The highest BCUT2D eigenvalue weighted by atomic mass is 16.2. The number of hydrogen-bond acceptors (Lipinski definition) is 3. The van der Waals surface area contributed by atoms with E-state index < -0.39 is 0 Å². The highest BCUT2D eigenvalue weighted by Crippen LogP contribution is 2.32. The number of rotatable bonds is 3. The Labute approximate surface area is 127 Å². The molecule has 4 fully saturated rings. The molecule has 0 radical (unpaired) electrons. The molecular formula is C16H27N3O2. The molecule has 4 heterocycles. The standard InChI is InChI=1S/C16H27N3O2/c1-3-11(2)15-16(21)19(9-6-14(20)17-15)13-10-18-7-4-12(13)5-8-18/h11-13,15H,3-10H2,1-2H3,(H,17,20). The molecule has 21 heavy (non-hydrogen) atoms. The molecule has 118 valence electrons. The molecule has 5 nitrogen and oxygen atoms in total. The lowest BCUT2D eigenvalue weighted by Gasteiger charge is -2.49. The summed E-state index contributed by atoms with van der Waals surface area (Å²) in [6, 6.07) is -0.0142. The molecular weight excluding hydrogens is 266 g/mol. The molecule has 4 aliphatic heterocycles. The monoisotopic (exact) mass is 293 g/mol. The van der Waals surface area contributed by atoms with Crippen LogP contribution >= 0.6 is 0 Å². The maximum Gasteiger partial charge on any atom is 0.245 e. The average molecular weight is 293 g/mol. The Morgan fingerprint density at radius 3 is 2.52 bits per heavy atom. The Balaban J connectivity index is 1.80. The van der Waals surface area contributed by atoms with Crippen molar-refractivity contribution < 1.29 is 9.59 Å². The molecule has 5 heteroatoms. The van der Waals surface area contributed by atoms with Crippen LogP contribution in [0.15, 0.2) is 0 Å². The molecule has 0 aromatic heterocycles. The fraction of sp³-hybridized carbons (Fsp3) is 0.875. The van der Waals surface area contributed by atoms with Crippen molar-refractivity contribution in [3.8, 4) is 0 Å². The van der Waals surface area contributed by atoms with Gasteiger partial charge in [0.15, 0.2) is 0 Å². The number of nitrogens with one attached hydrogen (secondary N) is 1. The first kappa shape index (κ1) is 14.8. The number of amides is 2. The van der Waals surface area contributed by atoms with Crippen LogP contribution in [0.1, 0.15) is 39.5 Å². The van der Waals surface area contributed by atoms with E-state index in [9.17, 15) is 9.59 Å². The number of nitrogens with zero attached hydrogens (tertiary/aromatic N) is 2. The van der Waals surface area contributed by atoms with Crippen LogP contribution < -0.4 is 5.32 Å². The maximum atomic E-state index is 13.0. The van der Waals surface area contributed by atoms with E-state index in [1.807, 2.05) is 4.90 Å². The lowest BCUT2D eigenvalue weighted by atomic mass is 9.82. The normalized spacial score (nSPS) is 38.1. The quantitative estimate of drug-likeness (QED) is 0.839. The van der Waals surface area contributed by atoms with Crippen LogP contribution in [0.4, 0.5) is 0 Å². The lowest BCUT2D eigenvalue weighted by Crippen LogP contribution is -2.61. The third-order valence-corrected chi connectivity index (χ3v) is 5.68. The van der Waals surface area contributed by atoms with Crippen molar-refractivity contribution in [3.63, 3.8) is 0 Å². The topological polar surface area (TPSA) is 52.7 Å². The van der Waals surface area contributed by atoms with Gasteiger partial charge in [-0.15, -0.1) is 0 Å². The molecule has 0 aromatic rings. The Morgan fingerprint density at radius 2 is 1.95 bits per heavy atom. The van der Waals surface area contributed by atoms with Crippen molar-refractivity contribution in [1.82, 2.24) is 15.1 Å². The number of carbonyl (C=O) groups is 2. The van der Waals surface area contributed by atoms with Gasteiger partial charge in [-0.05, 0) is 37.8 Å². The summed E-state index contributed by atoms with van der Waals surface area (Å²) in [4.78, 5) is 29.4. The van der Waals surface area contributed by atoms with Crippen molar-refractivity contribution >= 4 is 11.8 Å². The van der Waals surface area contributed by atoms with Gasteiger partial charge in [0, 0.05) is 25.6 Å². The van der Waals surface area contributed by atoms with Gasteiger partial charge in [0.2, 0.25) is 11.8 Å². The van der Waals surface area contributed by atoms with Crippen LogP contribution in [0.5, 0.6) is 0 Å². The van der Waals surface area contributed by atoms with Crippen molar-refractivity contribution in [3.05, 3.63) is 0 Å². The number of carbonyl (C=O) groups excluding carboxylic acids is 2. The van der Waals surface area contributed by atoms with E-state index in [2.05, 4.69) is 24.1 Å². The summed E-state index contributed by atoms with van der Waals surface area (Å²) in [7, 11) is 0. The smallest absolute Gasteiger partial charge is 0.245 e. The predicted molar refractivity (Wildman–Crippen MR) is 80.7 cm³/mol. The molecule has 0 aliphatic carbocycles. The lowest BCUT2D eigenvalue weighted by molar-refractivity contribution is -0.140. The van der Waals surface area contributed by atoms with E-state index in [1.165, 1.54) is 25.9 Å². The Hall–Kier alpha value is -1.10. The molecule has 2 amide bonds. The molecule has 3 atom stereocenters. The minimum Gasteiger partial charge on any atom is -0.344 e. The highest BCUT2D eigenvalue weighted by Gasteiger charge is 2.42. The van der Waals surface area contributed by atoms with Crippen LogP contribution in [0, 0.1) is 11.8 Å². The summed E-state index contributed by atoms with van der Waals surface area (Å²) in [6.07, 6.45) is 3.75. The van der Waals surface area contributed by atoms with Crippen LogP contribution in [0.25, 0.3) is 0 Å². The fourth-order valence-electron chi connectivity index (χ4n) is 4.06. The van der Waals surface area contributed by atoms with Gasteiger partial charge in [-0.1, -0.05) is 20.3 Å². The summed E-state index contributed by atoms with van der Waals surface area (Å²) in [5.74, 6) is 0.999. The molecule has 1 N–H and O–H groups in total. The average Bonchev–Trinajstić information content (AvgIpc) is 2.67. The summed E-state index contributed by atoms with van der Waals surface area (Å²) in [5, 5.41) is 2.95. The van der Waals surface area contributed by atoms with Crippen LogP contribution in [-0.2, 0) is 9.59 Å². The number of piperidine rings is 3. The second-order valence-electron chi connectivity index (χ2n) is 6.92. The van der Waals surface area contributed by atoms with Gasteiger partial charge in [0.25, 0.3) is 0 Å². The van der Waals surface area contributed by atoms with Crippen LogP contribution in [0.3, 0.4) is 0 Å². The van der Waals surface area contributed by atoms with Gasteiger partial charge in [-0.25, -0.2) is 0 Å².